The maximum Gasteiger partial charge on any atom is 0.341 e. The lowest BCUT2D eigenvalue weighted by Crippen LogP contribution is -2.16. The standard InChI is InChI=1S/C20H18FNO5S/c1-4-26-20(25)17-10(2)18(11(3)23)28-19(17)22-16(24)7-12-9-27-15-6-5-13(21)8-14(12)15/h5-6,8-9H,4,7H2,1-3H3,(H,22,24). The van der Waals surface area contributed by atoms with E-state index in [1.165, 1.54) is 31.4 Å². The molecule has 0 radical (unpaired) electrons. The first kappa shape index (κ1) is 19.8. The molecule has 0 spiro atoms. The van der Waals surface area contributed by atoms with Gasteiger partial charge >= 0.3 is 5.97 Å². The van der Waals surface area contributed by atoms with Crippen molar-refractivity contribution in [1.82, 2.24) is 0 Å². The Morgan fingerprint density at radius 3 is 2.71 bits per heavy atom. The number of halogens is 1. The zero-order valence-corrected chi connectivity index (χ0v) is 16.4. The number of carbonyl (C=O) groups is 3. The highest BCUT2D eigenvalue weighted by Gasteiger charge is 2.25. The van der Waals surface area contributed by atoms with Crippen molar-refractivity contribution in [2.45, 2.75) is 27.2 Å². The maximum atomic E-state index is 13.5. The summed E-state index contributed by atoms with van der Waals surface area (Å²) in [5.41, 5.74) is 1.64. The van der Waals surface area contributed by atoms with Crippen molar-refractivity contribution in [2.75, 3.05) is 11.9 Å². The molecule has 28 heavy (non-hydrogen) atoms. The quantitative estimate of drug-likeness (QED) is 0.484. The number of carbonyl (C=O) groups excluding carboxylic acids is 3. The Morgan fingerprint density at radius 2 is 2.04 bits per heavy atom. The minimum Gasteiger partial charge on any atom is -0.464 e. The summed E-state index contributed by atoms with van der Waals surface area (Å²) in [6, 6.07) is 4.07. The molecule has 1 N–H and O–H groups in total. The van der Waals surface area contributed by atoms with Crippen LogP contribution in [0.1, 0.15) is 45.0 Å². The van der Waals surface area contributed by atoms with Gasteiger partial charge in [-0.05, 0) is 44.5 Å². The predicted molar refractivity (Wildman–Crippen MR) is 104 cm³/mol. The molecule has 2 aromatic heterocycles. The first-order valence-electron chi connectivity index (χ1n) is 8.58. The summed E-state index contributed by atoms with van der Waals surface area (Å²) in [4.78, 5) is 37.1. The van der Waals surface area contributed by atoms with Crippen molar-refractivity contribution >= 4 is 45.0 Å². The smallest absolute Gasteiger partial charge is 0.341 e. The van der Waals surface area contributed by atoms with E-state index in [9.17, 15) is 18.8 Å². The van der Waals surface area contributed by atoms with Crippen molar-refractivity contribution in [3.8, 4) is 0 Å². The van der Waals surface area contributed by atoms with Gasteiger partial charge in [0.15, 0.2) is 5.78 Å². The Bertz CT molecular complexity index is 1080. The molecule has 0 aliphatic carbocycles. The Balaban J connectivity index is 1.88. The highest BCUT2D eigenvalue weighted by Crippen LogP contribution is 2.34. The molecule has 3 aromatic rings. The molecule has 0 saturated heterocycles. The summed E-state index contributed by atoms with van der Waals surface area (Å²) in [6.07, 6.45) is 1.32. The van der Waals surface area contributed by atoms with Gasteiger partial charge in [0, 0.05) is 10.9 Å². The Kier molecular flexibility index (Phi) is 5.60. The van der Waals surface area contributed by atoms with E-state index in [0.29, 0.717) is 27.0 Å². The van der Waals surface area contributed by atoms with Crippen LogP contribution in [0.25, 0.3) is 11.0 Å². The van der Waals surface area contributed by atoms with Gasteiger partial charge in [-0.2, -0.15) is 0 Å². The van der Waals surface area contributed by atoms with Gasteiger partial charge in [-0.1, -0.05) is 0 Å². The fourth-order valence-electron chi connectivity index (χ4n) is 2.92. The molecule has 0 aliphatic heterocycles. The van der Waals surface area contributed by atoms with Crippen LogP contribution in [-0.2, 0) is 16.0 Å². The molecule has 0 atom stereocenters. The fourth-order valence-corrected chi connectivity index (χ4v) is 4.03. The van der Waals surface area contributed by atoms with Crippen LogP contribution >= 0.6 is 11.3 Å². The van der Waals surface area contributed by atoms with Crippen LogP contribution in [0.5, 0.6) is 0 Å². The number of amides is 1. The number of esters is 1. The van der Waals surface area contributed by atoms with Gasteiger partial charge in [0.2, 0.25) is 5.91 Å². The Hall–Kier alpha value is -3.00. The average molecular weight is 403 g/mol. The van der Waals surface area contributed by atoms with E-state index in [-0.39, 0.29) is 29.4 Å². The van der Waals surface area contributed by atoms with E-state index in [1.54, 1.807) is 13.8 Å². The van der Waals surface area contributed by atoms with Gasteiger partial charge in [-0.3, -0.25) is 9.59 Å². The van der Waals surface area contributed by atoms with Gasteiger partial charge < -0.3 is 14.5 Å². The lowest BCUT2D eigenvalue weighted by molar-refractivity contribution is -0.115. The van der Waals surface area contributed by atoms with Gasteiger partial charge in [-0.15, -0.1) is 11.3 Å². The number of Topliss-reactive ketones (excluding diaryl/α,β-unsaturated/α-hetero) is 1. The number of furan rings is 1. The summed E-state index contributed by atoms with van der Waals surface area (Å²) in [5, 5.41) is 3.44. The number of thiophene rings is 1. The summed E-state index contributed by atoms with van der Waals surface area (Å²) in [6.45, 7) is 4.88. The third kappa shape index (κ3) is 3.82. The van der Waals surface area contributed by atoms with E-state index in [0.717, 1.165) is 11.3 Å². The molecule has 0 fully saturated rings. The average Bonchev–Trinajstić information content (AvgIpc) is 3.16. The molecule has 3 rings (SSSR count). The van der Waals surface area contributed by atoms with E-state index < -0.39 is 17.7 Å². The van der Waals surface area contributed by atoms with Crippen molar-refractivity contribution < 1.29 is 27.9 Å². The van der Waals surface area contributed by atoms with E-state index in [1.807, 2.05) is 0 Å². The molecule has 2 heterocycles. The third-order valence-corrected chi connectivity index (χ3v) is 5.47. The topological polar surface area (TPSA) is 85.6 Å². The highest BCUT2D eigenvalue weighted by atomic mass is 32.1. The van der Waals surface area contributed by atoms with Crippen LogP contribution < -0.4 is 5.32 Å². The van der Waals surface area contributed by atoms with Gasteiger partial charge in [0.05, 0.1) is 29.7 Å². The van der Waals surface area contributed by atoms with Crippen molar-refractivity contribution in [2.24, 2.45) is 0 Å². The minimum atomic E-state index is -0.602. The Morgan fingerprint density at radius 1 is 1.29 bits per heavy atom. The Labute approximate surface area is 164 Å². The highest BCUT2D eigenvalue weighted by molar-refractivity contribution is 7.18. The second kappa shape index (κ2) is 7.93. The number of fused-ring (bicyclic) bond motifs is 1. The van der Waals surface area contributed by atoms with Crippen LogP contribution in [-0.4, -0.2) is 24.3 Å². The van der Waals surface area contributed by atoms with Crippen molar-refractivity contribution in [1.29, 1.82) is 0 Å². The number of ether oxygens (including phenoxy) is 1. The lowest BCUT2D eigenvalue weighted by Gasteiger charge is -2.07. The molecule has 6 nitrogen and oxygen atoms in total. The van der Waals surface area contributed by atoms with Crippen molar-refractivity contribution in [3.63, 3.8) is 0 Å². The van der Waals surface area contributed by atoms with Crippen LogP contribution in [0, 0.1) is 12.7 Å². The summed E-state index contributed by atoms with van der Waals surface area (Å²) < 4.78 is 23.9. The molecule has 8 heteroatoms. The van der Waals surface area contributed by atoms with Gasteiger partial charge in [0.25, 0.3) is 0 Å². The molecule has 0 saturated carbocycles. The molecule has 0 bridgehead atoms. The number of hydrogen-bond donors (Lipinski definition) is 1. The summed E-state index contributed by atoms with van der Waals surface area (Å²) in [7, 11) is 0. The second-order valence-electron chi connectivity index (χ2n) is 6.16. The number of nitrogens with one attached hydrogen (secondary N) is 1. The van der Waals surface area contributed by atoms with E-state index in [4.69, 9.17) is 9.15 Å². The fraction of sp³-hybridized carbons (Fsp3) is 0.250. The SMILES string of the molecule is CCOC(=O)c1c(NC(=O)Cc2coc3ccc(F)cc23)sc(C(C)=O)c1C. The van der Waals surface area contributed by atoms with Gasteiger partial charge in [-0.25, -0.2) is 9.18 Å². The largest absolute Gasteiger partial charge is 0.464 e. The molecular formula is C20H18FNO5S. The normalized spacial score (nSPS) is 10.9. The zero-order valence-electron chi connectivity index (χ0n) is 15.6. The zero-order chi connectivity index (χ0) is 20.4. The summed E-state index contributed by atoms with van der Waals surface area (Å²) >= 11 is 1.03. The number of rotatable bonds is 6. The van der Waals surface area contributed by atoms with E-state index >= 15 is 0 Å². The first-order valence-corrected chi connectivity index (χ1v) is 9.40. The van der Waals surface area contributed by atoms with Crippen LogP contribution in [0.15, 0.2) is 28.9 Å². The van der Waals surface area contributed by atoms with Crippen LogP contribution in [0.4, 0.5) is 9.39 Å². The number of anilines is 1. The van der Waals surface area contributed by atoms with Crippen LogP contribution in [0.2, 0.25) is 0 Å². The first-order chi connectivity index (χ1) is 13.3. The molecule has 1 amide bonds. The third-order valence-electron chi connectivity index (χ3n) is 4.17. The molecular weight excluding hydrogens is 385 g/mol. The van der Waals surface area contributed by atoms with Crippen molar-refractivity contribution in [3.05, 3.63) is 51.8 Å². The predicted octanol–water partition coefficient (Wildman–Crippen LogP) is 4.50. The molecule has 0 unspecified atom stereocenters. The molecule has 1 aromatic carbocycles. The maximum absolute atomic E-state index is 13.5. The number of benzene rings is 1. The number of ketones is 1. The lowest BCUT2D eigenvalue weighted by atomic mass is 10.1. The molecule has 0 aliphatic rings. The van der Waals surface area contributed by atoms with Crippen LogP contribution in [0.3, 0.4) is 0 Å². The number of hydrogen-bond acceptors (Lipinski definition) is 6. The monoisotopic (exact) mass is 403 g/mol. The van der Waals surface area contributed by atoms with E-state index in [2.05, 4.69) is 5.32 Å². The summed E-state index contributed by atoms with van der Waals surface area (Å²) in [5.74, 6) is -1.66. The minimum absolute atomic E-state index is 0.0783. The van der Waals surface area contributed by atoms with Gasteiger partial charge in [0.1, 0.15) is 16.4 Å². The molecule has 146 valence electrons. The second-order valence-corrected chi connectivity index (χ2v) is 7.18.